The predicted octanol–water partition coefficient (Wildman–Crippen LogP) is 4.93. The van der Waals surface area contributed by atoms with Crippen LogP contribution < -0.4 is 23.7 Å². The standard InChI is InChI=1S/C28H30O7/c1-30-23-10-18(11-24(31-2)27(23)32-13-16-6-4-3-5-7-16)25-20-12-22-21(34-15-35-22)9-17(20)8-19-14-33-28(29)26(19)25/h9-12,16,25H,3-8,13-15H2,1-2H3. The third-order valence-corrected chi connectivity index (χ3v) is 7.62. The second-order valence-electron chi connectivity index (χ2n) is 9.68. The second-order valence-corrected chi connectivity index (χ2v) is 9.68. The largest absolute Gasteiger partial charge is 0.493 e. The van der Waals surface area contributed by atoms with E-state index in [1.54, 1.807) is 14.2 Å². The molecule has 2 aromatic rings. The highest BCUT2D eigenvalue weighted by Crippen LogP contribution is 2.50. The van der Waals surface area contributed by atoms with Crippen LogP contribution in [-0.4, -0.2) is 40.2 Å². The van der Waals surface area contributed by atoms with Crippen LogP contribution in [0.2, 0.25) is 0 Å². The van der Waals surface area contributed by atoms with E-state index in [1.165, 1.54) is 32.1 Å². The number of cyclic esters (lactones) is 1. The maximum absolute atomic E-state index is 12.9. The van der Waals surface area contributed by atoms with Crippen LogP contribution in [0.25, 0.3) is 0 Å². The zero-order valence-corrected chi connectivity index (χ0v) is 20.2. The van der Waals surface area contributed by atoms with Crippen molar-refractivity contribution in [2.75, 3.05) is 34.2 Å². The molecule has 2 heterocycles. The van der Waals surface area contributed by atoms with Crippen molar-refractivity contribution in [2.24, 2.45) is 5.92 Å². The minimum absolute atomic E-state index is 0.201. The van der Waals surface area contributed by atoms with Gasteiger partial charge in [-0.25, -0.2) is 4.79 Å². The third kappa shape index (κ3) is 3.87. The average Bonchev–Trinajstić information content (AvgIpc) is 3.50. The Hall–Kier alpha value is -3.35. The highest BCUT2D eigenvalue weighted by Gasteiger charge is 2.40. The van der Waals surface area contributed by atoms with E-state index >= 15 is 0 Å². The monoisotopic (exact) mass is 478 g/mol. The van der Waals surface area contributed by atoms with E-state index in [9.17, 15) is 4.79 Å². The lowest BCUT2D eigenvalue weighted by molar-refractivity contribution is -0.136. The van der Waals surface area contributed by atoms with Crippen molar-refractivity contribution in [3.05, 3.63) is 52.1 Å². The van der Waals surface area contributed by atoms with E-state index in [4.69, 9.17) is 28.4 Å². The lowest BCUT2D eigenvalue weighted by Crippen LogP contribution is -2.19. The highest BCUT2D eigenvalue weighted by atomic mass is 16.7. The Kier molecular flexibility index (Phi) is 5.71. The smallest absolute Gasteiger partial charge is 0.335 e. The summed E-state index contributed by atoms with van der Waals surface area (Å²) < 4.78 is 34.6. The van der Waals surface area contributed by atoms with Crippen LogP contribution in [-0.2, 0) is 16.0 Å². The molecule has 1 saturated carbocycles. The Balaban J connectivity index is 1.42. The molecule has 1 atom stereocenters. The predicted molar refractivity (Wildman–Crippen MR) is 128 cm³/mol. The number of carbonyl (C=O) groups excluding carboxylic acids is 1. The quantitative estimate of drug-likeness (QED) is 0.545. The van der Waals surface area contributed by atoms with Crippen molar-refractivity contribution in [2.45, 2.75) is 44.4 Å². The first kappa shape index (κ1) is 22.1. The third-order valence-electron chi connectivity index (χ3n) is 7.62. The molecule has 2 aliphatic heterocycles. The van der Waals surface area contributed by atoms with Gasteiger partial charge in [-0.1, -0.05) is 19.3 Å². The zero-order valence-electron chi connectivity index (χ0n) is 20.2. The lowest BCUT2D eigenvalue weighted by Gasteiger charge is -2.28. The normalized spacial score (nSPS) is 20.9. The molecular formula is C28H30O7. The Morgan fingerprint density at radius 3 is 2.34 bits per heavy atom. The van der Waals surface area contributed by atoms with E-state index < -0.39 is 0 Å². The Labute approximate surface area is 204 Å². The second kappa shape index (κ2) is 9.02. The van der Waals surface area contributed by atoms with Gasteiger partial charge in [0, 0.05) is 5.92 Å². The van der Waals surface area contributed by atoms with Crippen LogP contribution in [0, 0.1) is 5.92 Å². The Bertz CT molecular complexity index is 1170. The van der Waals surface area contributed by atoms with Crippen molar-refractivity contribution >= 4 is 5.97 Å². The molecule has 0 aromatic heterocycles. The molecule has 0 spiro atoms. The first-order valence-corrected chi connectivity index (χ1v) is 12.4. The molecule has 6 rings (SSSR count). The van der Waals surface area contributed by atoms with Crippen LogP contribution in [0.15, 0.2) is 35.4 Å². The van der Waals surface area contributed by atoms with Gasteiger partial charge in [0.15, 0.2) is 23.0 Å². The number of benzene rings is 2. The maximum Gasteiger partial charge on any atom is 0.335 e. The fourth-order valence-corrected chi connectivity index (χ4v) is 5.84. The number of hydrogen-bond acceptors (Lipinski definition) is 7. The topological polar surface area (TPSA) is 72.5 Å². The summed E-state index contributed by atoms with van der Waals surface area (Å²) in [6.45, 7) is 1.16. The molecule has 4 aliphatic rings. The molecule has 0 amide bonds. The van der Waals surface area contributed by atoms with Gasteiger partial charge in [-0.05, 0) is 71.7 Å². The molecule has 2 aliphatic carbocycles. The summed E-state index contributed by atoms with van der Waals surface area (Å²) in [5.74, 6) is 3.17. The molecule has 7 heteroatoms. The number of carbonyl (C=O) groups is 1. The number of rotatable bonds is 6. The van der Waals surface area contributed by atoms with Gasteiger partial charge in [0.25, 0.3) is 0 Å². The average molecular weight is 479 g/mol. The Morgan fingerprint density at radius 2 is 1.63 bits per heavy atom. The van der Waals surface area contributed by atoms with Crippen LogP contribution in [0.4, 0.5) is 0 Å². The molecule has 0 radical (unpaired) electrons. The summed E-state index contributed by atoms with van der Waals surface area (Å²) in [5.41, 5.74) is 4.69. The van der Waals surface area contributed by atoms with Crippen LogP contribution in [0.1, 0.15) is 54.7 Å². The summed E-state index contributed by atoms with van der Waals surface area (Å²) in [5, 5.41) is 0. The maximum atomic E-state index is 12.9. The number of ether oxygens (including phenoxy) is 6. The van der Waals surface area contributed by atoms with Crippen molar-refractivity contribution in [3.63, 3.8) is 0 Å². The van der Waals surface area contributed by atoms with Gasteiger partial charge in [0.2, 0.25) is 12.5 Å². The van der Waals surface area contributed by atoms with Crippen molar-refractivity contribution in [3.8, 4) is 28.7 Å². The highest BCUT2D eigenvalue weighted by molar-refractivity contribution is 5.95. The van der Waals surface area contributed by atoms with Gasteiger partial charge in [-0.3, -0.25) is 0 Å². The van der Waals surface area contributed by atoms with Crippen molar-refractivity contribution in [1.82, 2.24) is 0 Å². The van der Waals surface area contributed by atoms with Crippen molar-refractivity contribution in [1.29, 1.82) is 0 Å². The molecule has 184 valence electrons. The number of methoxy groups -OCH3 is 2. The minimum atomic E-state index is -0.326. The Morgan fingerprint density at radius 1 is 0.914 bits per heavy atom. The lowest BCUT2D eigenvalue weighted by atomic mass is 9.75. The van der Waals surface area contributed by atoms with Crippen LogP contribution in [0.5, 0.6) is 28.7 Å². The summed E-state index contributed by atoms with van der Waals surface area (Å²) in [4.78, 5) is 12.9. The molecule has 1 unspecified atom stereocenters. The van der Waals surface area contributed by atoms with E-state index in [2.05, 4.69) is 0 Å². The molecule has 1 fully saturated rings. The van der Waals surface area contributed by atoms with Gasteiger partial charge in [0.05, 0.1) is 26.4 Å². The SMILES string of the molecule is COc1cc(C2C3=C(COC3=O)Cc3cc4c(cc32)OCO4)cc(OC)c1OCC1CCCCC1. The summed E-state index contributed by atoms with van der Waals surface area (Å²) in [6, 6.07) is 7.93. The van der Waals surface area contributed by atoms with Gasteiger partial charge in [-0.2, -0.15) is 0 Å². The fraction of sp³-hybridized carbons (Fsp3) is 0.464. The summed E-state index contributed by atoms with van der Waals surface area (Å²) >= 11 is 0. The molecule has 35 heavy (non-hydrogen) atoms. The molecule has 7 nitrogen and oxygen atoms in total. The van der Waals surface area contributed by atoms with Gasteiger partial charge in [-0.15, -0.1) is 0 Å². The van der Waals surface area contributed by atoms with Gasteiger partial charge in [0.1, 0.15) is 6.61 Å². The van der Waals surface area contributed by atoms with Crippen molar-refractivity contribution < 1.29 is 33.2 Å². The minimum Gasteiger partial charge on any atom is -0.493 e. The molecule has 0 bridgehead atoms. The van der Waals surface area contributed by atoms with E-state index in [0.29, 0.717) is 54.1 Å². The molecule has 2 aromatic carbocycles. The zero-order chi connectivity index (χ0) is 23.9. The van der Waals surface area contributed by atoms with Crippen LogP contribution >= 0.6 is 0 Å². The van der Waals surface area contributed by atoms with E-state index in [1.807, 2.05) is 24.3 Å². The molecule has 0 N–H and O–H groups in total. The fourth-order valence-electron chi connectivity index (χ4n) is 5.84. The van der Waals surface area contributed by atoms with Gasteiger partial charge < -0.3 is 28.4 Å². The molecule has 0 saturated heterocycles. The summed E-state index contributed by atoms with van der Waals surface area (Å²) in [6.07, 6.45) is 6.86. The number of hydrogen-bond donors (Lipinski definition) is 0. The van der Waals surface area contributed by atoms with Gasteiger partial charge >= 0.3 is 5.97 Å². The first-order valence-electron chi connectivity index (χ1n) is 12.4. The summed E-state index contributed by atoms with van der Waals surface area (Å²) in [7, 11) is 3.26. The molecular weight excluding hydrogens is 448 g/mol. The van der Waals surface area contributed by atoms with E-state index in [-0.39, 0.29) is 18.7 Å². The first-order chi connectivity index (χ1) is 17.2. The number of esters is 1. The number of fused-ring (bicyclic) bond motifs is 2. The van der Waals surface area contributed by atoms with Crippen LogP contribution in [0.3, 0.4) is 0 Å². The van der Waals surface area contributed by atoms with E-state index in [0.717, 1.165) is 28.0 Å².